The van der Waals surface area contributed by atoms with E-state index in [2.05, 4.69) is 27.7 Å². The van der Waals surface area contributed by atoms with Crippen LogP contribution in [0.3, 0.4) is 0 Å². The van der Waals surface area contributed by atoms with E-state index in [0.29, 0.717) is 30.0 Å². The van der Waals surface area contributed by atoms with Gasteiger partial charge in [0.1, 0.15) is 5.60 Å². The van der Waals surface area contributed by atoms with Crippen LogP contribution < -0.4 is 0 Å². The molecule has 0 N–H and O–H groups in total. The van der Waals surface area contributed by atoms with Crippen LogP contribution in [0.15, 0.2) is 11.6 Å². The lowest BCUT2D eigenvalue weighted by Crippen LogP contribution is -2.55. The summed E-state index contributed by atoms with van der Waals surface area (Å²) in [6, 6.07) is 0. The number of carbonyl (C=O) groups is 2. The lowest BCUT2D eigenvalue weighted by molar-refractivity contribution is -0.180. The van der Waals surface area contributed by atoms with Crippen LogP contribution in [0.4, 0.5) is 0 Å². The van der Waals surface area contributed by atoms with Gasteiger partial charge in [-0.05, 0) is 87.5 Å². The van der Waals surface area contributed by atoms with Crippen molar-refractivity contribution in [2.24, 2.45) is 28.6 Å². The maximum Gasteiger partial charge on any atom is 0.306 e. The van der Waals surface area contributed by atoms with Crippen molar-refractivity contribution in [2.75, 3.05) is 0 Å². The highest BCUT2D eigenvalue weighted by Crippen LogP contribution is 2.68. The van der Waals surface area contributed by atoms with Crippen molar-refractivity contribution in [3.05, 3.63) is 11.6 Å². The van der Waals surface area contributed by atoms with Gasteiger partial charge < -0.3 is 4.74 Å². The molecule has 0 bridgehead atoms. The van der Waals surface area contributed by atoms with Gasteiger partial charge in [-0.25, -0.2) is 0 Å². The molecule has 0 unspecified atom stereocenters. The number of carbonyl (C=O) groups excluding carboxylic acids is 2. The zero-order valence-electron chi connectivity index (χ0n) is 19.7. The van der Waals surface area contributed by atoms with Crippen molar-refractivity contribution < 1.29 is 14.3 Å². The van der Waals surface area contributed by atoms with Gasteiger partial charge >= 0.3 is 5.97 Å². The molecule has 4 rings (SSSR count). The van der Waals surface area contributed by atoms with E-state index in [4.69, 9.17) is 4.74 Å². The molecular formula is C27H42O3. The second kappa shape index (κ2) is 8.10. The summed E-state index contributed by atoms with van der Waals surface area (Å²) in [7, 11) is 0. The first-order chi connectivity index (χ1) is 14.2. The highest BCUT2D eigenvalue weighted by atomic mass is 16.6. The molecule has 3 fully saturated rings. The van der Waals surface area contributed by atoms with E-state index >= 15 is 0 Å². The van der Waals surface area contributed by atoms with Gasteiger partial charge in [0.25, 0.3) is 0 Å². The van der Waals surface area contributed by atoms with Crippen molar-refractivity contribution in [1.82, 2.24) is 0 Å². The van der Waals surface area contributed by atoms with Crippen LogP contribution in [0.5, 0.6) is 0 Å². The van der Waals surface area contributed by atoms with E-state index in [0.717, 1.165) is 44.9 Å². The summed E-state index contributed by atoms with van der Waals surface area (Å²) < 4.78 is 6.28. The predicted molar refractivity (Wildman–Crippen MR) is 120 cm³/mol. The quantitative estimate of drug-likeness (QED) is 0.355. The Morgan fingerprint density at radius 2 is 1.77 bits per heavy atom. The van der Waals surface area contributed by atoms with Gasteiger partial charge in [0.2, 0.25) is 0 Å². The van der Waals surface area contributed by atoms with Crippen molar-refractivity contribution in [3.63, 3.8) is 0 Å². The Labute approximate surface area is 183 Å². The van der Waals surface area contributed by atoms with Gasteiger partial charge in [-0.3, -0.25) is 9.59 Å². The summed E-state index contributed by atoms with van der Waals surface area (Å²) in [5.74, 6) is 2.40. The second-order valence-corrected chi connectivity index (χ2v) is 11.5. The molecule has 30 heavy (non-hydrogen) atoms. The fourth-order valence-electron chi connectivity index (χ4n) is 7.95. The zero-order valence-corrected chi connectivity index (χ0v) is 19.7. The average Bonchev–Trinajstić information content (AvgIpc) is 2.96. The number of ketones is 1. The highest BCUT2D eigenvalue weighted by Gasteiger charge is 2.64. The molecule has 6 atom stereocenters. The molecular weight excluding hydrogens is 372 g/mol. The van der Waals surface area contributed by atoms with Gasteiger partial charge in [0.05, 0.1) is 0 Å². The van der Waals surface area contributed by atoms with E-state index in [1.165, 1.54) is 37.7 Å². The second-order valence-electron chi connectivity index (χ2n) is 11.5. The number of hydrogen-bond donors (Lipinski definition) is 0. The van der Waals surface area contributed by atoms with Crippen LogP contribution in [0, 0.1) is 28.6 Å². The SMILES string of the molecule is CCCCCCC(=O)O[C@@]1(C)CC[C@H]2[C@@H]3CCC4=CC(=O)CC[C@]4(C)[C@H]3CC[C@@]21C. The molecule has 168 valence electrons. The summed E-state index contributed by atoms with van der Waals surface area (Å²) in [6.07, 6.45) is 15.7. The molecule has 0 aliphatic heterocycles. The summed E-state index contributed by atoms with van der Waals surface area (Å²) in [5.41, 5.74) is 1.43. The number of unbranched alkanes of at least 4 members (excludes halogenated alkanes) is 3. The van der Waals surface area contributed by atoms with Crippen molar-refractivity contribution >= 4 is 11.8 Å². The third kappa shape index (κ3) is 3.48. The number of esters is 1. The Kier molecular flexibility index (Phi) is 5.96. The maximum atomic E-state index is 12.7. The minimum absolute atomic E-state index is 0.0178. The largest absolute Gasteiger partial charge is 0.459 e. The topological polar surface area (TPSA) is 43.4 Å². The van der Waals surface area contributed by atoms with Gasteiger partial charge in [-0.1, -0.05) is 45.6 Å². The van der Waals surface area contributed by atoms with Crippen LogP contribution >= 0.6 is 0 Å². The maximum absolute atomic E-state index is 12.7. The first-order valence-electron chi connectivity index (χ1n) is 12.7. The molecule has 4 aliphatic carbocycles. The lowest BCUT2D eigenvalue weighted by atomic mass is 9.46. The summed E-state index contributed by atoms with van der Waals surface area (Å²) in [6.45, 7) is 9.29. The van der Waals surface area contributed by atoms with E-state index in [9.17, 15) is 9.59 Å². The van der Waals surface area contributed by atoms with Crippen molar-refractivity contribution in [1.29, 1.82) is 0 Å². The molecule has 3 saturated carbocycles. The van der Waals surface area contributed by atoms with Crippen LogP contribution in [-0.4, -0.2) is 17.4 Å². The van der Waals surface area contributed by atoms with E-state index in [-0.39, 0.29) is 22.4 Å². The molecule has 0 heterocycles. The van der Waals surface area contributed by atoms with Crippen molar-refractivity contribution in [3.8, 4) is 0 Å². The molecule has 0 aromatic rings. The number of hydrogen-bond acceptors (Lipinski definition) is 3. The Bertz CT molecular complexity index is 724. The van der Waals surface area contributed by atoms with Gasteiger partial charge in [0, 0.05) is 18.3 Å². The Morgan fingerprint density at radius 1 is 1.00 bits per heavy atom. The smallest absolute Gasteiger partial charge is 0.306 e. The van der Waals surface area contributed by atoms with E-state index in [1.807, 2.05) is 6.08 Å². The van der Waals surface area contributed by atoms with Crippen LogP contribution in [0.2, 0.25) is 0 Å². The molecule has 0 spiro atoms. The molecule has 0 aromatic heterocycles. The third-order valence-electron chi connectivity index (χ3n) is 10.1. The van der Waals surface area contributed by atoms with Crippen LogP contribution in [0.25, 0.3) is 0 Å². The normalized spacial score (nSPS) is 42.7. The predicted octanol–water partition coefficient (Wildman–Crippen LogP) is 6.79. The number of ether oxygens (including phenoxy) is 1. The molecule has 3 heteroatoms. The monoisotopic (exact) mass is 414 g/mol. The fraction of sp³-hybridized carbons (Fsp3) is 0.852. The molecule has 0 radical (unpaired) electrons. The van der Waals surface area contributed by atoms with Gasteiger partial charge in [-0.15, -0.1) is 0 Å². The Hall–Kier alpha value is -1.12. The fourth-order valence-corrected chi connectivity index (χ4v) is 7.95. The van der Waals surface area contributed by atoms with Gasteiger partial charge in [0.15, 0.2) is 5.78 Å². The first-order valence-corrected chi connectivity index (χ1v) is 12.7. The third-order valence-corrected chi connectivity index (χ3v) is 10.1. The Balaban J connectivity index is 1.48. The molecule has 3 nitrogen and oxygen atoms in total. The van der Waals surface area contributed by atoms with Crippen molar-refractivity contribution in [2.45, 2.75) is 117 Å². The standard InChI is InChI=1S/C27H42O3/c1-5-6-7-8-9-24(29)30-27(4)17-14-23-21-11-10-19-18-20(28)12-15-25(19,2)22(21)13-16-26(23,27)3/h18,21-23H,5-17H2,1-4H3/t21-,22+,23+,25+,26+,27+/m1/s1. The summed E-state index contributed by atoms with van der Waals surface area (Å²) in [5, 5.41) is 0. The number of allylic oxidation sites excluding steroid dienone is 1. The number of rotatable bonds is 6. The number of fused-ring (bicyclic) bond motifs is 5. The van der Waals surface area contributed by atoms with E-state index in [1.54, 1.807) is 0 Å². The van der Waals surface area contributed by atoms with Crippen LogP contribution in [-0.2, 0) is 14.3 Å². The molecule has 0 aromatic carbocycles. The van der Waals surface area contributed by atoms with Gasteiger partial charge in [-0.2, -0.15) is 0 Å². The first kappa shape index (κ1) is 22.1. The molecule has 0 amide bonds. The summed E-state index contributed by atoms with van der Waals surface area (Å²) in [4.78, 5) is 24.7. The zero-order chi connectivity index (χ0) is 21.6. The minimum Gasteiger partial charge on any atom is -0.459 e. The Morgan fingerprint density at radius 3 is 2.53 bits per heavy atom. The average molecular weight is 415 g/mol. The summed E-state index contributed by atoms with van der Waals surface area (Å²) >= 11 is 0. The molecule has 0 saturated heterocycles. The lowest BCUT2D eigenvalue weighted by Gasteiger charge is -2.59. The molecule has 4 aliphatic rings. The van der Waals surface area contributed by atoms with E-state index < -0.39 is 0 Å². The minimum atomic E-state index is -0.315. The highest BCUT2D eigenvalue weighted by molar-refractivity contribution is 5.91. The van der Waals surface area contributed by atoms with Crippen LogP contribution in [0.1, 0.15) is 111 Å².